The van der Waals surface area contributed by atoms with Crippen molar-refractivity contribution < 1.29 is 0 Å². The summed E-state index contributed by atoms with van der Waals surface area (Å²) in [4.78, 5) is 0. The van der Waals surface area contributed by atoms with Gasteiger partial charge in [0.25, 0.3) is 0 Å². The van der Waals surface area contributed by atoms with E-state index in [-0.39, 0.29) is 0 Å². The van der Waals surface area contributed by atoms with E-state index in [2.05, 4.69) is 39.0 Å². The standard InChI is InChI=1S/C21H32/c1-4-15-9-11-18-17-10-8-16-7-5-6-13-20(16,2)19(17)12-14-21(15,18)3/h5-6,8,15,17-19H,4,7,9-14H2,1-3H3/t15-,17-,18-,19-,20-,21+/m0/s1. The quantitative estimate of drug-likeness (QED) is 0.507. The minimum Gasteiger partial charge on any atom is -0.0873 e. The monoisotopic (exact) mass is 284 g/mol. The molecule has 0 aromatic rings. The number of hydrogen-bond donors (Lipinski definition) is 0. The first-order chi connectivity index (χ1) is 10.1. The summed E-state index contributed by atoms with van der Waals surface area (Å²) in [7, 11) is 0. The van der Waals surface area contributed by atoms with E-state index < -0.39 is 0 Å². The second-order valence-corrected chi connectivity index (χ2v) is 8.87. The van der Waals surface area contributed by atoms with Crippen molar-refractivity contribution in [3.8, 4) is 0 Å². The fraction of sp³-hybridized carbons (Fsp3) is 0.810. The minimum atomic E-state index is 0.503. The summed E-state index contributed by atoms with van der Waals surface area (Å²) >= 11 is 0. The van der Waals surface area contributed by atoms with Gasteiger partial charge in [-0.2, -0.15) is 0 Å². The zero-order chi connectivity index (χ0) is 14.7. The van der Waals surface area contributed by atoms with Crippen LogP contribution in [-0.4, -0.2) is 0 Å². The number of fused-ring (bicyclic) bond motifs is 5. The van der Waals surface area contributed by atoms with Gasteiger partial charge < -0.3 is 0 Å². The summed E-state index contributed by atoms with van der Waals surface area (Å²) in [5.74, 6) is 3.98. The van der Waals surface area contributed by atoms with Gasteiger partial charge in [0.2, 0.25) is 0 Å². The van der Waals surface area contributed by atoms with E-state index in [1.807, 2.05) is 0 Å². The normalized spacial score (nSPS) is 51.9. The Morgan fingerprint density at radius 1 is 1.10 bits per heavy atom. The molecule has 0 aromatic heterocycles. The van der Waals surface area contributed by atoms with Crippen molar-refractivity contribution >= 4 is 0 Å². The largest absolute Gasteiger partial charge is 0.0873 e. The Labute approximate surface area is 131 Å². The van der Waals surface area contributed by atoms with Crippen LogP contribution in [0.4, 0.5) is 0 Å². The SMILES string of the molecule is CC[C@H]1CC[C@H]2[C@@H]3CC=C4CC=CC[C@]4(C)[C@H]3CC[C@]12C. The molecule has 4 aliphatic rings. The first-order valence-corrected chi connectivity index (χ1v) is 9.44. The first kappa shape index (κ1) is 14.1. The molecule has 0 spiro atoms. The summed E-state index contributed by atoms with van der Waals surface area (Å²) in [6, 6.07) is 0. The van der Waals surface area contributed by atoms with Crippen molar-refractivity contribution in [1.82, 2.24) is 0 Å². The van der Waals surface area contributed by atoms with Crippen molar-refractivity contribution in [3.63, 3.8) is 0 Å². The van der Waals surface area contributed by atoms with Gasteiger partial charge in [0.15, 0.2) is 0 Å². The Kier molecular flexibility index (Phi) is 3.18. The summed E-state index contributed by atoms with van der Waals surface area (Å²) in [6.07, 6.45) is 18.9. The van der Waals surface area contributed by atoms with Gasteiger partial charge in [-0.25, -0.2) is 0 Å². The zero-order valence-electron chi connectivity index (χ0n) is 14.2. The van der Waals surface area contributed by atoms with Gasteiger partial charge in [0, 0.05) is 0 Å². The third kappa shape index (κ3) is 1.80. The summed E-state index contributed by atoms with van der Waals surface area (Å²) in [5, 5.41) is 0. The maximum atomic E-state index is 2.66. The van der Waals surface area contributed by atoms with Crippen LogP contribution in [0.3, 0.4) is 0 Å². The van der Waals surface area contributed by atoms with Gasteiger partial charge >= 0.3 is 0 Å². The average molecular weight is 284 g/mol. The Morgan fingerprint density at radius 2 is 1.95 bits per heavy atom. The van der Waals surface area contributed by atoms with Crippen molar-refractivity contribution in [2.24, 2.45) is 34.5 Å². The molecule has 0 radical (unpaired) electrons. The molecule has 21 heavy (non-hydrogen) atoms. The summed E-state index contributed by atoms with van der Waals surface area (Å²) in [6.45, 7) is 7.67. The number of hydrogen-bond acceptors (Lipinski definition) is 0. The van der Waals surface area contributed by atoms with Crippen LogP contribution >= 0.6 is 0 Å². The van der Waals surface area contributed by atoms with Crippen LogP contribution in [0.25, 0.3) is 0 Å². The van der Waals surface area contributed by atoms with E-state index in [0.717, 1.165) is 23.7 Å². The minimum absolute atomic E-state index is 0.503. The van der Waals surface area contributed by atoms with Gasteiger partial charge in [-0.05, 0) is 79.4 Å². The van der Waals surface area contributed by atoms with E-state index in [1.54, 1.807) is 5.57 Å². The predicted molar refractivity (Wildman–Crippen MR) is 90.0 cm³/mol. The fourth-order valence-electron chi connectivity index (χ4n) is 7.07. The smallest absolute Gasteiger partial charge is 0.00478 e. The van der Waals surface area contributed by atoms with Crippen LogP contribution in [0.1, 0.15) is 72.1 Å². The molecule has 0 nitrogen and oxygen atoms in total. The summed E-state index contributed by atoms with van der Waals surface area (Å²) < 4.78 is 0. The zero-order valence-corrected chi connectivity index (χ0v) is 14.2. The Bertz CT molecular complexity index is 484. The molecule has 0 unspecified atom stereocenters. The van der Waals surface area contributed by atoms with Crippen LogP contribution in [0.15, 0.2) is 23.8 Å². The highest BCUT2D eigenvalue weighted by atomic mass is 14.6. The van der Waals surface area contributed by atoms with Crippen molar-refractivity contribution in [2.75, 3.05) is 0 Å². The molecular formula is C21H32. The molecule has 6 atom stereocenters. The maximum Gasteiger partial charge on any atom is -0.00478 e. The molecule has 116 valence electrons. The highest BCUT2D eigenvalue weighted by Gasteiger charge is 2.57. The molecule has 2 fully saturated rings. The van der Waals surface area contributed by atoms with Gasteiger partial charge in [0.1, 0.15) is 0 Å². The van der Waals surface area contributed by atoms with E-state index in [0.29, 0.717) is 10.8 Å². The van der Waals surface area contributed by atoms with Crippen molar-refractivity contribution in [1.29, 1.82) is 0 Å². The number of allylic oxidation sites excluding steroid dienone is 4. The molecular weight excluding hydrogens is 252 g/mol. The first-order valence-electron chi connectivity index (χ1n) is 9.44. The van der Waals surface area contributed by atoms with Crippen LogP contribution < -0.4 is 0 Å². The molecule has 0 heterocycles. The fourth-order valence-corrected chi connectivity index (χ4v) is 7.07. The van der Waals surface area contributed by atoms with E-state index in [9.17, 15) is 0 Å². The summed E-state index contributed by atoms with van der Waals surface area (Å²) in [5.41, 5.74) is 2.95. The van der Waals surface area contributed by atoms with Crippen molar-refractivity contribution in [2.45, 2.75) is 72.1 Å². The third-order valence-corrected chi connectivity index (χ3v) is 8.36. The lowest BCUT2D eigenvalue weighted by Crippen LogP contribution is -2.49. The number of rotatable bonds is 1. The van der Waals surface area contributed by atoms with E-state index in [1.165, 1.54) is 51.4 Å². The average Bonchev–Trinajstić information content (AvgIpc) is 2.83. The molecule has 0 N–H and O–H groups in total. The Morgan fingerprint density at radius 3 is 2.76 bits per heavy atom. The molecule has 4 aliphatic carbocycles. The Balaban J connectivity index is 1.68. The maximum absolute atomic E-state index is 2.66. The van der Waals surface area contributed by atoms with Crippen molar-refractivity contribution in [3.05, 3.63) is 23.8 Å². The van der Waals surface area contributed by atoms with Crippen LogP contribution in [0, 0.1) is 34.5 Å². The topological polar surface area (TPSA) is 0 Å². The third-order valence-electron chi connectivity index (χ3n) is 8.36. The second-order valence-electron chi connectivity index (χ2n) is 8.87. The molecule has 0 bridgehead atoms. The molecule has 0 heteroatoms. The van der Waals surface area contributed by atoms with Gasteiger partial charge in [-0.1, -0.05) is 51.0 Å². The lowest BCUT2D eigenvalue weighted by Gasteiger charge is -2.57. The van der Waals surface area contributed by atoms with Gasteiger partial charge in [-0.15, -0.1) is 0 Å². The highest BCUT2D eigenvalue weighted by molar-refractivity contribution is 5.28. The lowest BCUT2D eigenvalue weighted by atomic mass is 9.48. The molecule has 0 aromatic carbocycles. The Hall–Kier alpha value is -0.520. The molecule has 4 rings (SSSR count). The van der Waals surface area contributed by atoms with E-state index >= 15 is 0 Å². The van der Waals surface area contributed by atoms with Crippen LogP contribution in [0.2, 0.25) is 0 Å². The van der Waals surface area contributed by atoms with Gasteiger partial charge in [-0.3, -0.25) is 0 Å². The van der Waals surface area contributed by atoms with Crippen LogP contribution in [-0.2, 0) is 0 Å². The van der Waals surface area contributed by atoms with E-state index in [4.69, 9.17) is 0 Å². The predicted octanol–water partition coefficient (Wildman–Crippen LogP) is 6.14. The molecule has 2 saturated carbocycles. The molecule has 0 aliphatic heterocycles. The lowest BCUT2D eigenvalue weighted by molar-refractivity contribution is -0.0348. The van der Waals surface area contributed by atoms with Crippen LogP contribution in [0.5, 0.6) is 0 Å². The molecule has 0 saturated heterocycles. The second kappa shape index (κ2) is 4.74. The van der Waals surface area contributed by atoms with Gasteiger partial charge in [0.05, 0.1) is 0 Å². The highest BCUT2D eigenvalue weighted by Crippen LogP contribution is 2.66. The molecule has 0 amide bonds.